The Bertz CT molecular complexity index is 863. The van der Waals surface area contributed by atoms with Crippen LogP contribution in [0, 0.1) is 6.92 Å². The van der Waals surface area contributed by atoms with Crippen molar-refractivity contribution in [1.82, 2.24) is 14.9 Å². The van der Waals surface area contributed by atoms with Crippen LogP contribution in [-0.4, -0.2) is 27.3 Å². The number of nitrogens with zero attached hydrogens (tertiary/aromatic N) is 3. The Hall–Kier alpha value is -3.21. The molecule has 1 heterocycles. The quantitative estimate of drug-likeness (QED) is 0.727. The van der Waals surface area contributed by atoms with Gasteiger partial charge < -0.3 is 10.2 Å². The van der Waals surface area contributed by atoms with Gasteiger partial charge in [-0.25, -0.2) is 9.97 Å². The van der Waals surface area contributed by atoms with Crippen molar-refractivity contribution >= 4 is 17.4 Å². The van der Waals surface area contributed by atoms with Gasteiger partial charge >= 0.3 is 0 Å². The number of aryl methyl sites for hydroxylation is 1. The third-order valence-electron chi connectivity index (χ3n) is 4.05. The summed E-state index contributed by atoms with van der Waals surface area (Å²) in [6.45, 7) is 5.16. The van der Waals surface area contributed by atoms with Crippen molar-refractivity contribution in [3.05, 3.63) is 83.8 Å². The van der Waals surface area contributed by atoms with E-state index in [1.807, 2.05) is 68.4 Å². The Kier molecular flexibility index (Phi) is 5.59. The number of carbonyl (C=O) groups is 1. The number of carbonyl (C=O) groups excluding carboxylic acids is 1. The van der Waals surface area contributed by atoms with Gasteiger partial charge in [-0.15, -0.1) is 0 Å². The number of aromatic nitrogens is 2. The van der Waals surface area contributed by atoms with E-state index in [2.05, 4.69) is 15.3 Å². The van der Waals surface area contributed by atoms with Crippen LogP contribution in [0.15, 0.2) is 67.0 Å². The summed E-state index contributed by atoms with van der Waals surface area (Å²) >= 11 is 0. The highest BCUT2D eigenvalue weighted by molar-refractivity contribution is 5.92. The van der Waals surface area contributed by atoms with Gasteiger partial charge in [0.1, 0.15) is 11.5 Å². The molecule has 3 aromatic rings. The highest BCUT2D eigenvalue weighted by atomic mass is 16.2. The molecule has 0 fully saturated rings. The molecular weight excluding hydrogens is 324 g/mol. The lowest BCUT2D eigenvalue weighted by molar-refractivity contribution is 0.0746. The second-order valence-electron chi connectivity index (χ2n) is 6.09. The fourth-order valence-corrected chi connectivity index (χ4v) is 2.67. The van der Waals surface area contributed by atoms with E-state index in [1.54, 1.807) is 11.1 Å². The van der Waals surface area contributed by atoms with E-state index in [1.165, 1.54) is 6.20 Å². The Morgan fingerprint density at radius 1 is 1.04 bits per heavy atom. The maximum atomic E-state index is 12.7. The van der Waals surface area contributed by atoms with Gasteiger partial charge in [0, 0.05) is 18.8 Å². The fourth-order valence-electron chi connectivity index (χ4n) is 2.67. The lowest BCUT2D eigenvalue weighted by atomic mass is 10.2. The second-order valence-corrected chi connectivity index (χ2v) is 6.09. The largest absolute Gasteiger partial charge is 0.339 e. The molecule has 0 bridgehead atoms. The lowest BCUT2D eigenvalue weighted by Gasteiger charge is -2.20. The topological polar surface area (TPSA) is 58.1 Å². The number of hydrogen-bond donors (Lipinski definition) is 1. The van der Waals surface area contributed by atoms with Gasteiger partial charge in [-0.3, -0.25) is 4.79 Å². The van der Waals surface area contributed by atoms with Gasteiger partial charge in [-0.1, -0.05) is 42.5 Å². The summed E-state index contributed by atoms with van der Waals surface area (Å²) in [5, 5.41) is 3.20. The molecule has 0 aliphatic rings. The fraction of sp³-hybridized carbons (Fsp3) is 0.190. The number of anilines is 2. The number of hydrogen-bond acceptors (Lipinski definition) is 4. The van der Waals surface area contributed by atoms with Crippen molar-refractivity contribution in [2.75, 3.05) is 11.9 Å². The molecule has 0 saturated heterocycles. The standard InChI is InChI=1S/C21H22N4O/c1-3-25(15-17-9-5-4-6-10-17)21(26)19-13-23-20(14-22-19)24-18-11-7-8-16(2)12-18/h4-14H,3,15H2,1-2H3,(H,23,24). The first-order valence-electron chi connectivity index (χ1n) is 8.64. The molecule has 1 N–H and O–H groups in total. The van der Waals surface area contributed by atoms with Crippen LogP contribution in [0.4, 0.5) is 11.5 Å². The average molecular weight is 346 g/mol. The van der Waals surface area contributed by atoms with Crippen LogP contribution in [0.25, 0.3) is 0 Å². The number of benzene rings is 2. The molecule has 1 amide bonds. The van der Waals surface area contributed by atoms with E-state index >= 15 is 0 Å². The second kappa shape index (κ2) is 8.25. The average Bonchev–Trinajstić information content (AvgIpc) is 2.67. The Balaban J connectivity index is 1.69. The molecule has 3 rings (SSSR count). The lowest BCUT2D eigenvalue weighted by Crippen LogP contribution is -2.31. The number of rotatable bonds is 6. The molecule has 0 saturated carbocycles. The van der Waals surface area contributed by atoms with Crippen LogP contribution in [0.3, 0.4) is 0 Å². The highest BCUT2D eigenvalue weighted by Crippen LogP contribution is 2.15. The molecule has 26 heavy (non-hydrogen) atoms. The molecule has 0 aliphatic heterocycles. The Morgan fingerprint density at radius 2 is 1.85 bits per heavy atom. The molecule has 0 spiro atoms. The Morgan fingerprint density at radius 3 is 2.50 bits per heavy atom. The summed E-state index contributed by atoms with van der Waals surface area (Å²) in [4.78, 5) is 23.1. The van der Waals surface area contributed by atoms with E-state index in [9.17, 15) is 4.79 Å². The molecular formula is C21H22N4O. The maximum Gasteiger partial charge on any atom is 0.274 e. The molecule has 5 heteroatoms. The Labute approximate surface area is 153 Å². The zero-order chi connectivity index (χ0) is 18.4. The monoisotopic (exact) mass is 346 g/mol. The van der Waals surface area contributed by atoms with Crippen LogP contribution in [0.2, 0.25) is 0 Å². The molecule has 0 unspecified atom stereocenters. The van der Waals surface area contributed by atoms with E-state index < -0.39 is 0 Å². The third kappa shape index (κ3) is 4.45. The molecule has 132 valence electrons. The summed E-state index contributed by atoms with van der Waals surface area (Å²) in [6.07, 6.45) is 3.11. The van der Waals surface area contributed by atoms with Crippen LogP contribution in [0.1, 0.15) is 28.5 Å². The van der Waals surface area contributed by atoms with E-state index in [-0.39, 0.29) is 5.91 Å². The van der Waals surface area contributed by atoms with Crippen LogP contribution >= 0.6 is 0 Å². The summed E-state index contributed by atoms with van der Waals surface area (Å²) < 4.78 is 0. The highest BCUT2D eigenvalue weighted by Gasteiger charge is 2.16. The zero-order valence-electron chi connectivity index (χ0n) is 15.0. The van der Waals surface area contributed by atoms with Crippen molar-refractivity contribution in [2.24, 2.45) is 0 Å². The summed E-state index contributed by atoms with van der Waals surface area (Å²) in [5.41, 5.74) is 3.54. The molecule has 0 atom stereocenters. The van der Waals surface area contributed by atoms with Gasteiger partial charge in [0.2, 0.25) is 0 Å². The van der Waals surface area contributed by atoms with Gasteiger partial charge in [-0.2, -0.15) is 0 Å². The molecule has 1 aromatic heterocycles. The van der Waals surface area contributed by atoms with Gasteiger partial charge in [0.05, 0.1) is 12.4 Å². The minimum atomic E-state index is -0.119. The van der Waals surface area contributed by atoms with E-state index in [4.69, 9.17) is 0 Å². The minimum absolute atomic E-state index is 0.119. The van der Waals surface area contributed by atoms with E-state index in [0.717, 1.165) is 16.8 Å². The first-order chi connectivity index (χ1) is 12.7. The van der Waals surface area contributed by atoms with Gasteiger partial charge in [0.15, 0.2) is 0 Å². The first kappa shape index (κ1) is 17.6. The summed E-state index contributed by atoms with van der Waals surface area (Å²) in [5.74, 6) is 0.490. The molecule has 0 aliphatic carbocycles. The van der Waals surface area contributed by atoms with Crippen molar-refractivity contribution < 1.29 is 4.79 Å². The summed E-state index contributed by atoms with van der Waals surface area (Å²) in [7, 11) is 0. The summed E-state index contributed by atoms with van der Waals surface area (Å²) in [6, 6.07) is 17.9. The zero-order valence-corrected chi connectivity index (χ0v) is 15.0. The third-order valence-corrected chi connectivity index (χ3v) is 4.05. The minimum Gasteiger partial charge on any atom is -0.339 e. The maximum absolute atomic E-state index is 12.7. The van der Waals surface area contributed by atoms with Crippen molar-refractivity contribution in [3.8, 4) is 0 Å². The van der Waals surface area contributed by atoms with Gasteiger partial charge in [-0.05, 0) is 37.1 Å². The van der Waals surface area contributed by atoms with Crippen molar-refractivity contribution in [3.63, 3.8) is 0 Å². The number of nitrogens with one attached hydrogen (secondary N) is 1. The molecule has 5 nitrogen and oxygen atoms in total. The predicted octanol–water partition coefficient (Wildman–Crippen LogP) is 4.19. The van der Waals surface area contributed by atoms with Crippen LogP contribution in [0.5, 0.6) is 0 Å². The molecule has 2 aromatic carbocycles. The van der Waals surface area contributed by atoms with Crippen molar-refractivity contribution in [2.45, 2.75) is 20.4 Å². The SMILES string of the molecule is CCN(Cc1ccccc1)C(=O)c1cnc(Nc2cccc(C)c2)cn1. The van der Waals surface area contributed by atoms with Crippen LogP contribution in [-0.2, 0) is 6.54 Å². The molecule has 0 radical (unpaired) electrons. The normalized spacial score (nSPS) is 10.4. The smallest absolute Gasteiger partial charge is 0.274 e. The predicted molar refractivity (Wildman–Crippen MR) is 103 cm³/mol. The van der Waals surface area contributed by atoms with E-state index in [0.29, 0.717) is 24.6 Å². The van der Waals surface area contributed by atoms with Crippen molar-refractivity contribution in [1.29, 1.82) is 0 Å². The number of amides is 1. The first-order valence-corrected chi connectivity index (χ1v) is 8.64. The van der Waals surface area contributed by atoms with Gasteiger partial charge in [0.25, 0.3) is 5.91 Å². The van der Waals surface area contributed by atoms with Crippen LogP contribution < -0.4 is 5.32 Å².